The standard InChI is InChI=1S/C29H40O8/c1-8-16(4)25(33)37-28-11-18(6)29(35)20(22(28)26(28,7)14-36-24(32)15(2)3)10-19(13-30)12-27(34)21(29)9-17(5)23(27)31/h8-10,15,18,20-22,30,34-35H,11-14H2,1-7H3/b16-8-/t18-,20+,21-,22-,26-,27-,28+,29-/m1/s1. The number of aliphatic hydroxyl groups excluding tert-OH is 1. The Morgan fingerprint density at radius 3 is 2.46 bits per heavy atom. The molecule has 4 aliphatic carbocycles. The summed E-state index contributed by atoms with van der Waals surface area (Å²) in [5.41, 5.74) is -4.04. The normalized spacial score (nSPS) is 42.7. The van der Waals surface area contributed by atoms with Crippen LogP contribution in [0.15, 0.2) is 34.9 Å². The number of rotatable bonds is 6. The van der Waals surface area contributed by atoms with Crippen LogP contribution in [0.1, 0.15) is 61.3 Å². The third kappa shape index (κ3) is 3.70. The van der Waals surface area contributed by atoms with E-state index in [-0.39, 0.29) is 31.3 Å². The van der Waals surface area contributed by atoms with Gasteiger partial charge >= 0.3 is 11.9 Å². The van der Waals surface area contributed by atoms with E-state index in [0.717, 1.165) is 0 Å². The maximum absolute atomic E-state index is 13.1. The Hall–Kier alpha value is -2.29. The summed E-state index contributed by atoms with van der Waals surface area (Å²) in [7, 11) is 0. The zero-order valence-electron chi connectivity index (χ0n) is 22.8. The molecule has 8 atom stereocenters. The van der Waals surface area contributed by atoms with Gasteiger partial charge in [0.1, 0.15) is 17.8 Å². The second kappa shape index (κ2) is 8.89. The highest BCUT2D eigenvalue weighted by Gasteiger charge is 2.85. The lowest BCUT2D eigenvalue weighted by molar-refractivity contribution is -0.185. The third-order valence-electron chi connectivity index (χ3n) is 9.68. The van der Waals surface area contributed by atoms with Crippen LogP contribution in [0.2, 0.25) is 0 Å². The molecule has 4 rings (SSSR count). The van der Waals surface area contributed by atoms with Crippen LogP contribution in [0.25, 0.3) is 0 Å². The van der Waals surface area contributed by atoms with Crippen molar-refractivity contribution in [1.29, 1.82) is 0 Å². The molecule has 0 amide bonds. The number of hydrogen-bond donors (Lipinski definition) is 3. The van der Waals surface area contributed by atoms with Crippen molar-refractivity contribution in [3.05, 3.63) is 34.9 Å². The predicted molar refractivity (Wildman–Crippen MR) is 135 cm³/mol. The summed E-state index contributed by atoms with van der Waals surface area (Å²) in [6.07, 6.45) is 5.25. The number of carbonyl (C=O) groups is 3. The fourth-order valence-corrected chi connectivity index (χ4v) is 7.37. The summed E-state index contributed by atoms with van der Waals surface area (Å²) in [6.45, 7) is 11.9. The highest BCUT2D eigenvalue weighted by Crippen LogP contribution is 2.76. The molecule has 0 spiro atoms. The Morgan fingerprint density at radius 1 is 1.24 bits per heavy atom. The van der Waals surface area contributed by atoms with Gasteiger partial charge in [-0.2, -0.15) is 0 Å². The van der Waals surface area contributed by atoms with Gasteiger partial charge in [0.2, 0.25) is 0 Å². The summed E-state index contributed by atoms with van der Waals surface area (Å²) >= 11 is 0. The fraction of sp³-hybridized carbons (Fsp3) is 0.690. The number of ether oxygens (including phenoxy) is 2. The van der Waals surface area contributed by atoms with Crippen LogP contribution < -0.4 is 0 Å². The average Bonchev–Trinajstić information content (AvgIpc) is 3.29. The van der Waals surface area contributed by atoms with E-state index in [1.54, 1.807) is 52.8 Å². The quantitative estimate of drug-likeness (QED) is 0.279. The van der Waals surface area contributed by atoms with Gasteiger partial charge in [-0.1, -0.05) is 45.9 Å². The van der Waals surface area contributed by atoms with E-state index in [1.807, 2.05) is 13.8 Å². The summed E-state index contributed by atoms with van der Waals surface area (Å²) in [5.74, 6) is -4.19. The number of Topliss-reactive ketones (excluding diaryl/α,β-unsaturated/α-hetero) is 1. The van der Waals surface area contributed by atoms with Crippen molar-refractivity contribution >= 4 is 17.7 Å². The van der Waals surface area contributed by atoms with E-state index >= 15 is 0 Å². The zero-order chi connectivity index (χ0) is 27.7. The summed E-state index contributed by atoms with van der Waals surface area (Å²) in [5, 5.41) is 34.3. The van der Waals surface area contributed by atoms with Crippen molar-refractivity contribution in [3.8, 4) is 0 Å². The lowest BCUT2D eigenvalue weighted by atomic mass is 9.60. The lowest BCUT2D eigenvalue weighted by Gasteiger charge is -2.50. The first-order chi connectivity index (χ1) is 17.1. The van der Waals surface area contributed by atoms with Crippen LogP contribution in [-0.2, 0) is 23.9 Å². The molecule has 8 heteroatoms. The molecule has 0 radical (unpaired) electrons. The van der Waals surface area contributed by atoms with Gasteiger partial charge < -0.3 is 24.8 Å². The molecule has 2 fully saturated rings. The van der Waals surface area contributed by atoms with Gasteiger partial charge in [-0.15, -0.1) is 0 Å². The Bertz CT molecular complexity index is 1120. The molecule has 204 valence electrons. The molecule has 3 N–H and O–H groups in total. The molecule has 0 aromatic heterocycles. The number of ketones is 1. The van der Waals surface area contributed by atoms with Gasteiger partial charge in [0.15, 0.2) is 5.78 Å². The Labute approximate surface area is 218 Å². The van der Waals surface area contributed by atoms with Crippen molar-refractivity contribution < 1.29 is 39.2 Å². The summed E-state index contributed by atoms with van der Waals surface area (Å²) in [4.78, 5) is 38.6. The molecular weight excluding hydrogens is 476 g/mol. The first-order valence-corrected chi connectivity index (χ1v) is 13.1. The largest absolute Gasteiger partial charge is 0.465 e. The molecule has 0 aromatic carbocycles. The fourth-order valence-electron chi connectivity index (χ4n) is 7.37. The predicted octanol–water partition coefficient (Wildman–Crippen LogP) is 2.66. The molecule has 37 heavy (non-hydrogen) atoms. The zero-order valence-corrected chi connectivity index (χ0v) is 22.8. The van der Waals surface area contributed by atoms with Gasteiger partial charge in [0.05, 0.1) is 18.1 Å². The number of hydrogen-bond acceptors (Lipinski definition) is 8. The molecule has 0 bridgehead atoms. The van der Waals surface area contributed by atoms with E-state index in [2.05, 4.69) is 0 Å². The minimum Gasteiger partial charge on any atom is -0.465 e. The molecular formula is C29H40O8. The molecule has 0 heterocycles. The van der Waals surface area contributed by atoms with Crippen molar-refractivity contribution in [2.45, 2.75) is 78.1 Å². The molecule has 4 aliphatic rings. The van der Waals surface area contributed by atoms with E-state index in [9.17, 15) is 29.7 Å². The number of carbonyl (C=O) groups excluding carboxylic acids is 3. The molecule has 8 nitrogen and oxygen atoms in total. The topological polar surface area (TPSA) is 130 Å². The van der Waals surface area contributed by atoms with Gasteiger partial charge in [0.25, 0.3) is 0 Å². The van der Waals surface area contributed by atoms with Crippen molar-refractivity contribution in [1.82, 2.24) is 0 Å². The van der Waals surface area contributed by atoms with Gasteiger partial charge in [0, 0.05) is 35.2 Å². The van der Waals surface area contributed by atoms with E-state index in [1.165, 1.54) is 0 Å². The van der Waals surface area contributed by atoms with Crippen LogP contribution in [0.5, 0.6) is 0 Å². The molecule has 0 saturated heterocycles. The van der Waals surface area contributed by atoms with E-state index < -0.39 is 64.2 Å². The number of aliphatic hydroxyl groups is 3. The minimum atomic E-state index is -1.87. The Kier molecular flexibility index (Phi) is 6.66. The molecule has 0 unspecified atom stereocenters. The van der Waals surface area contributed by atoms with E-state index in [4.69, 9.17) is 9.47 Å². The lowest BCUT2D eigenvalue weighted by Crippen LogP contribution is -2.61. The van der Waals surface area contributed by atoms with Crippen molar-refractivity contribution in [2.75, 3.05) is 13.2 Å². The first kappa shape index (κ1) is 27.7. The summed E-state index contributed by atoms with van der Waals surface area (Å²) in [6, 6.07) is 0. The number of esters is 2. The number of allylic oxidation sites excluding steroid dienone is 1. The van der Waals surface area contributed by atoms with E-state index in [0.29, 0.717) is 16.7 Å². The Balaban J connectivity index is 1.85. The monoisotopic (exact) mass is 516 g/mol. The second-order valence-corrected chi connectivity index (χ2v) is 12.2. The smallest absolute Gasteiger partial charge is 0.333 e. The highest BCUT2D eigenvalue weighted by atomic mass is 16.6. The van der Waals surface area contributed by atoms with Gasteiger partial charge in [-0.3, -0.25) is 9.59 Å². The average molecular weight is 517 g/mol. The van der Waals surface area contributed by atoms with Crippen LogP contribution in [0.3, 0.4) is 0 Å². The van der Waals surface area contributed by atoms with Crippen LogP contribution in [0.4, 0.5) is 0 Å². The molecule has 0 aromatic rings. The van der Waals surface area contributed by atoms with Crippen molar-refractivity contribution in [3.63, 3.8) is 0 Å². The second-order valence-electron chi connectivity index (χ2n) is 12.2. The third-order valence-corrected chi connectivity index (χ3v) is 9.68. The SMILES string of the molecule is C/C=C(/C)C(=O)O[C@@]12C[C@@H](C)[C@@]3(O)[C@@H](C=C(CO)C[C@]4(O)C(=O)C(C)=C[C@@H]34)[C@@H]1[C@@]2(C)COC(=O)C(C)C. The Morgan fingerprint density at radius 2 is 1.89 bits per heavy atom. The first-order valence-electron chi connectivity index (χ1n) is 13.1. The maximum atomic E-state index is 13.1. The van der Waals surface area contributed by atoms with Gasteiger partial charge in [-0.25, -0.2) is 4.79 Å². The molecule has 0 aliphatic heterocycles. The number of fused-ring (bicyclic) bond motifs is 5. The highest BCUT2D eigenvalue weighted by molar-refractivity contribution is 6.04. The van der Waals surface area contributed by atoms with Crippen LogP contribution in [0, 0.1) is 35.0 Å². The van der Waals surface area contributed by atoms with Gasteiger partial charge in [-0.05, 0) is 44.3 Å². The molecule has 2 saturated carbocycles. The van der Waals surface area contributed by atoms with Crippen molar-refractivity contribution in [2.24, 2.45) is 35.0 Å². The van der Waals surface area contributed by atoms with Crippen LogP contribution >= 0.6 is 0 Å². The minimum absolute atomic E-state index is 0.0127. The summed E-state index contributed by atoms with van der Waals surface area (Å²) < 4.78 is 11.9. The van der Waals surface area contributed by atoms with Crippen LogP contribution in [-0.4, -0.2) is 63.1 Å². The maximum Gasteiger partial charge on any atom is 0.333 e.